The van der Waals surface area contributed by atoms with E-state index in [1.54, 1.807) is 0 Å². The Kier molecular flexibility index (Phi) is 2.61. The zero-order valence-corrected chi connectivity index (χ0v) is 8.35. The van der Waals surface area contributed by atoms with Crippen LogP contribution in [0.1, 0.15) is 47.0 Å². The monoisotopic (exact) mass is 153 g/mol. The Balaban J connectivity index is 2.17. The minimum atomic E-state index is 0.563. The van der Waals surface area contributed by atoms with Crippen molar-refractivity contribution in [3.63, 3.8) is 0 Å². The van der Waals surface area contributed by atoms with Crippen LogP contribution >= 0.6 is 0 Å². The lowest BCUT2D eigenvalue weighted by atomic mass is 9.94. The lowest BCUT2D eigenvalue weighted by Gasteiger charge is -2.11. The second-order valence-electron chi connectivity index (χ2n) is 4.63. The van der Waals surface area contributed by atoms with E-state index in [0.29, 0.717) is 5.41 Å². The van der Waals surface area contributed by atoms with Crippen LogP contribution in [-0.2, 0) is 0 Å². The summed E-state index contributed by atoms with van der Waals surface area (Å²) in [5.41, 5.74) is 0.563. The van der Waals surface area contributed by atoms with Gasteiger partial charge in [-0.05, 0) is 23.7 Å². The number of hydrogen-bond acceptors (Lipinski definition) is 0. The van der Waals surface area contributed by atoms with Crippen LogP contribution in [0.15, 0.2) is 0 Å². The largest absolute Gasteiger partial charge is 0.0654 e. The molecule has 1 fully saturated rings. The molecule has 2 unspecified atom stereocenters. The van der Waals surface area contributed by atoms with Gasteiger partial charge in [-0.1, -0.05) is 47.0 Å². The fraction of sp³-hybridized carbons (Fsp3) is 0.909. The summed E-state index contributed by atoms with van der Waals surface area (Å²) < 4.78 is 0. The van der Waals surface area contributed by atoms with Crippen molar-refractivity contribution in [3.8, 4) is 0 Å². The number of rotatable bonds is 4. The van der Waals surface area contributed by atoms with Gasteiger partial charge in [0.15, 0.2) is 0 Å². The molecule has 0 aromatic carbocycles. The minimum absolute atomic E-state index is 0.563. The molecule has 65 valence electrons. The molecule has 0 amide bonds. The molecule has 0 heterocycles. The standard InChI is InChI=1S/C11H21/c1-5-6-7-9(2)10-8-11(10,3)4/h8-10H,5-7H2,1-4H3. The fourth-order valence-electron chi connectivity index (χ4n) is 2.02. The van der Waals surface area contributed by atoms with Gasteiger partial charge in [0.2, 0.25) is 0 Å². The molecular weight excluding hydrogens is 132 g/mol. The Morgan fingerprint density at radius 2 is 2.00 bits per heavy atom. The predicted molar refractivity (Wildman–Crippen MR) is 50.3 cm³/mol. The molecular formula is C11H21. The van der Waals surface area contributed by atoms with Crippen LogP contribution in [0.4, 0.5) is 0 Å². The first-order valence-corrected chi connectivity index (χ1v) is 4.94. The van der Waals surface area contributed by atoms with E-state index in [2.05, 4.69) is 34.1 Å². The summed E-state index contributed by atoms with van der Waals surface area (Å²) in [4.78, 5) is 0. The summed E-state index contributed by atoms with van der Waals surface area (Å²) in [6.07, 6.45) is 6.66. The molecule has 1 rings (SSSR count). The molecule has 1 aliphatic carbocycles. The Morgan fingerprint density at radius 3 is 2.36 bits per heavy atom. The third kappa shape index (κ3) is 2.21. The molecule has 0 aromatic heterocycles. The van der Waals surface area contributed by atoms with Crippen molar-refractivity contribution in [3.05, 3.63) is 6.42 Å². The van der Waals surface area contributed by atoms with E-state index < -0.39 is 0 Å². The molecule has 0 N–H and O–H groups in total. The minimum Gasteiger partial charge on any atom is -0.0654 e. The maximum Gasteiger partial charge on any atom is -0.0286 e. The Labute approximate surface area is 71.4 Å². The maximum absolute atomic E-state index is 2.49. The van der Waals surface area contributed by atoms with Gasteiger partial charge in [0.1, 0.15) is 0 Å². The molecule has 0 aliphatic heterocycles. The highest BCUT2D eigenvalue weighted by Crippen LogP contribution is 2.55. The van der Waals surface area contributed by atoms with Gasteiger partial charge in [0.25, 0.3) is 0 Å². The molecule has 1 saturated carbocycles. The van der Waals surface area contributed by atoms with Gasteiger partial charge in [-0.15, -0.1) is 0 Å². The van der Waals surface area contributed by atoms with Crippen molar-refractivity contribution in [1.29, 1.82) is 0 Å². The van der Waals surface area contributed by atoms with E-state index in [9.17, 15) is 0 Å². The van der Waals surface area contributed by atoms with E-state index in [1.807, 2.05) is 0 Å². The van der Waals surface area contributed by atoms with Crippen molar-refractivity contribution >= 4 is 0 Å². The lowest BCUT2D eigenvalue weighted by molar-refractivity contribution is 0.389. The van der Waals surface area contributed by atoms with Crippen molar-refractivity contribution in [2.24, 2.45) is 17.3 Å². The Bertz CT molecular complexity index is 124. The van der Waals surface area contributed by atoms with Crippen molar-refractivity contribution in [1.82, 2.24) is 0 Å². The first-order valence-electron chi connectivity index (χ1n) is 4.94. The van der Waals surface area contributed by atoms with Gasteiger partial charge in [-0.2, -0.15) is 0 Å². The quantitative estimate of drug-likeness (QED) is 0.578. The molecule has 0 spiro atoms. The van der Waals surface area contributed by atoms with Gasteiger partial charge in [-0.25, -0.2) is 0 Å². The highest BCUT2D eigenvalue weighted by Gasteiger charge is 2.48. The second kappa shape index (κ2) is 3.16. The molecule has 0 aromatic rings. The summed E-state index contributed by atoms with van der Waals surface area (Å²) in [6.45, 7) is 9.36. The fourth-order valence-corrected chi connectivity index (χ4v) is 2.02. The molecule has 1 aliphatic rings. The van der Waals surface area contributed by atoms with Crippen LogP contribution in [0.3, 0.4) is 0 Å². The maximum atomic E-state index is 2.49. The summed E-state index contributed by atoms with van der Waals surface area (Å²) in [7, 11) is 0. The van der Waals surface area contributed by atoms with Crippen molar-refractivity contribution < 1.29 is 0 Å². The summed E-state index contributed by atoms with van der Waals surface area (Å²) in [5.74, 6) is 1.83. The topological polar surface area (TPSA) is 0 Å². The van der Waals surface area contributed by atoms with E-state index >= 15 is 0 Å². The average molecular weight is 153 g/mol. The van der Waals surface area contributed by atoms with Crippen molar-refractivity contribution in [2.45, 2.75) is 47.0 Å². The number of hydrogen-bond donors (Lipinski definition) is 0. The SMILES string of the molecule is CCCCC(C)C1[CH]C1(C)C. The first kappa shape index (κ1) is 9.09. The third-order valence-electron chi connectivity index (χ3n) is 2.99. The summed E-state index contributed by atoms with van der Waals surface area (Å²) >= 11 is 0. The van der Waals surface area contributed by atoms with Gasteiger partial charge in [0, 0.05) is 0 Å². The second-order valence-corrected chi connectivity index (χ2v) is 4.63. The van der Waals surface area contributed by atoms with Crippen LogP contribution < -0.4 is 0 Å². The van der Waals surface area contributed by atoms with Crippen LogP contribution in [0.5, 0.6) is 0 Å². The van der Waals surface area contributed by atoms with Crippen LogP contribution in [0.25, 0.3) is 0 Å². The molecule has 0 saturated heterocycles. The highest BCUT2D eigenvalue weighted by molar-refractivity contribution is 5.14. The Hall–Kier alpha value is 0. The van der Waals surface area contributed by atoms with E-state index in [1.165, 1.54) is 19.3 Å². The van der Waals surface area contributed by atoms with Crippen LogP contribution in [-0.4, -0.2) is 0 Å². The van der Waals surface area contributed by atoms with Crippen LogP contribution in [0, 0.1) is 23.7 Å². The molecule has 0 heteroatoms. The zero-order chi connectivity index (χ0) is 8.48. The molecule has 2 atom stereocenters. The van der Waals surface area contributed by atoms with E-state index in [4.69, 9.17) is 0 Å². The van der Waals surface area contributed by atoms with Gasteiger partial charge >= 0.3 is 0 Å². The molecule has 0 bridgehead atoms. The number of unbranched alkanes of at least 4 members (excludes halogenated alkanes) is 1. The molecule has 0 nitrogen and oxygen atoms in total. The van der Waals surface area contributed by atoms with Crippen LogP contribution in [0.2, 0.25) is 0 Å². The van der Waals surface area contributed by atoms with Gasteiger partial charge < -0.3 is 0 Å². The molecule has 11 heavy (non-hydrogen) atoms. The Morgan fingerprint density at radius 1 is 1.45 bits per heavy atom. The average Bonchev–Trinajstić information content (AvgIpc) is 2.55. The predicted octanol–water partition coefficient (Wildman–Crippen LogP) is 3.67. The summed E-state index contributed by atoms with van der Waals surface area (Å²) in [5, 5.41) is 0. The van der Waals surface area contributed by atoms with Gasteiger partial charge in [0.05, 0.1) is 0 Å². The zero-order valence-electron chi connectivity index (χ0n) is 8.35. The first-order chi connectivity index (χ1) is 5.08. The third-order valence-corrected chi connectivity index (χ3v) is 2.99. The molecule has 1 radical (unpaired) electrons. The summed E-state index contributed by atoms with van der Waals surface area (Å²) in [6, 6.07) is 0. The van der Waals surface area contributed by atoms with Crippen molar-refractivity contribution in [2.75, 3.05) is 0 Å². The lowest BCUT2D eigenvalue weighted by Crippen LogP contribution is -2.02. The van der Waals surface area contributed by atoms with E-state index in [0.717, 1.165) is 11.8 Å². The van der Waals surface area contributed by atoms with Gasteiger partial charge in [-0.3, -0.25) is 0 Å². The highest BCUT2D eigenvalue weighted by atomic mass is 14.5. The normalized spacial score (nSPS) is 30.0. The van der Waals surface area contributed by atoms with E-state index in [-0.39, 0.29) is 0 Å². The smallest absolute Gasteiger partial charge is 0.0286 e.